The quantitative estimate of drug-likeness (QED) is 0.816. The number of carbonyl (C=O) groups is 1. The fraction of sp³-hybridized carbons (Fsp3) is 0.222. The van der Waals surface area contributed by atoms with E-state index in [-0.39, 0.29) is 15.7 Å². The van der Waals surface area contributed by atoms with Gasteiger partial charge in [0.15, 0.2) is 11.9 Å². The topological polar surface area (TPSA) is 86.5 Å². The third kappa shape index (κ3) is 3.74. The monoisotopic (exact) mass is 375 g/mol. The Kier molecular flexibility index (Phi) is 4.88. The molecule has 0 aliphatic rings. The standard InChI is InChI=1S/C9H8BrCl2NO4S/c1-4(9(13)14)17-8-6(11)2-5(10)3-7(8)18(12,15)16/h2-4H,1H3,(H2,13,14). The molecule has 1 amide bonds. The Morgan fingerprint density at radius 2 is 2.06 bits per heavy atom. The van der Waals surface area contributed by atoms with Crippen LogP contribution in [0.3, 0.4) is 0 Å². The van der Waals surface area contributed by atoms with Crippen LogP contribution in [0, 0.1) is 0 Å². The molecule has 0 fully saturated rings. The molecule has 0 aliphatic heterocycles. The molecule has 1 unspecified atom stereocenters. The predicted octanol–water partition coefficient (Wildman–Crippen LogP) is 2.28. The van der Waals surface area contributed by atoms with Gasteiger partial charge in [0, 0.05) is 15.2 Å². The molecule has 0 saturated heterocycles. The number of halogens is 3. The van der Waals surface area contributed by atoms with Crippen LogP contribution in [0.25, 0.3) is 0 Å². The van der Waals surface area contributed by atoms with E-state index in [2.05, 4.69) is 15.9 Å². The lowest BCUT2D eigenvalue weighted by molar-refractivity contribution is -0.124. The molecule has 0 aliphatic carbocycles. The van der Waals surface area contributed by atoms with Crippen LogP contribution < -0.4 is 10.5 Å². The van der Waals surface area contributed by atoms with Gasteiger partial charge in [-0.3, -0.25) is 4.79 Å². The van der Waals surface area contributed by atoms with Gasteiger partial charge in [-0.25, -0.2) is 8.42 Å². The summed E-state index contributed by atoms with van der Waals surface area (Å²) in [6.45, 7) is 1.37. The van der Waals surface area contributed by atoms with Crippen molar-refractivity contribution < 1.29 is 17.9 Å². The summed E-state index contributed by atoms with van der Waals surface area (Å²) in [6, 6.07) is 2.63. The molecule has 5 nitrogen and oxygen atoms in total. The summed E-state index contributed by atoms with van der Waals surface area (Å²) in [5, 5.41) is -0.00306. The zero-order chi connectivity index (χ0) is 14.1. The number of amides is 1. The van der Waals surface area contributed by atoms with E-state index < -0.39 is 21.1 Å². The third-order valence-electron chi connectivity index (χ3n) is 1.93. The van der Waals surface area contributed by atoms with Crippen LogP contribution in [0.15, 0.2) is 21.5 Å². The minimum Gasteiger partial charge on any atom is -0.478 e. The first-order chi connectivity index (χ1) is 8.12. The fourth-order valence-electron chi connectivity index (χ4n) is 1.07. The van der Waals surface area contributed by atoms with Crippen molar-refractivity contribution in [1.82, 2.24) is 0 Å². The number of benzene rings is 1. The van der Waals surface area contributed by atoms with E-state index in [1.54, 1.807) is 0 Å². The Morgan fingerprint density at radius 3 is 2.50 bits per heavy atom. The number of hydrogen-bond acceptors (Lipinski definition) is 4. The molecule has 100 valence electrons. The summed E-state index contributed by atoms with van der Waals surface area (Å²) in [7, 11) is 1.20. The summed E-state index contributed by atoms with van der Waals surface area (Å²) >= 11 is 8.94. The number of primary amides is 1. The largest absolute Gasteiger partial charge is 0.478 e. The van der Waals surface area contributed by atoms with Crippen LogP contribution >= 0.6 is 38.2 Å². The van der Waals surface area contributed by atoms with Gasteiger partial charge >= 0.3 is 0 Å². The average molecular weight is 377 g/mol. The molecule has 9 heteroatoms. The van der Waals surface area contributed by atoms with Gasteiger partial charge in [-0.05, 0) is 19.1 Å². The first-order valence-corrected chi connectivity index (χ1v) is 8.00. The lowest BCUT2D eigenvalue weighted by Crippen LogP contribution is -2.31. The first kappa shape index (κ1) is 15.6. The summed E-state index contributed by atoms with van der Waals surface area (Å²) in [5.41, 5.74) is 5.02. The first-order valence-electron chi connectivity index (χ1n) is 4.52. The molecule has 1 aromatic rings. The zero-order valence-electron chi connectivity index (χ0n) is 8.98. The zero-order valence-corrected chi connectivity index (χ0v) is 12.9. The number of ether oxygens (including phenoxy) is 1. The van der Waals surface area contributed by atoms with E-state index in [9.17, 15) is 13.2 Å². The minimum atomic E-state index is -4.07. The Labute approximate surface area is 122 Å². The smallest absolute Gasteiger partial charge is 0.265 e. The second-order valence-electron chi connectivity index (χ2n) is 3.32. The maximum Gasteiger partial charge on any atom is 0.265 e. The van der Waals surface area contributed by atoms with Crippen LogP contribution in [0.5, 0.6) is 5.75 Å². The molecule has 18 heavy (non-hydrogen) atoms. The number of hydrogen-bond donors (Lipinski definition) is 1. The summed E-state index contributed by atoms with van der Waals surface area (Å²) in [5.74, 6) is -0.965. The molecule has 2 N–H and O–H groups in total. The number of nitrogens with two attached hydrogens (primary N) is 1. The molecular weight excluding hydrogens is 369 g/mol. The molecule has 0 spiro atoms. The van der Waals surface area contributed by atoms with Gasteiger partial charge in [-0.1, -0.05) is 27.5 Å². The van der Waals surface area contributed by atoms with Crippen molar-refractivity contribution >= 4 is 53.2 Å². The van der Waals surface area contributed by atoms with Crippen molar-refractivity contribution in [3.63, 3.8) is 0 Å². The molecule has 0 heterocycles. The normalized spacial score (nSPS) is 13.1. The van der Waals surface area contributed by atoms with Crippen molar-refractivity contribution in [2.75, 3.05) is 0 Å². The van der Waals surface area contributed by atoms with Gasteiger partial charge in [-0.2, -0.15) is 0 Å². The highest BCUT2D eigenvalue weighted by Gasteiger charge is 2.23. The van der Waals surface area contributed by atoms with E-state index in [0.29, 0.717) is 4.47 Å². The van der Waals surface area contributed by atoms with Crippen molar-refractivity contribution in [2.24, 2.45) is 5.73 Å². The SMILES string of the molecule is CC(Oc1c(Cl)cc(Br)cc1S(=O)(=O)Cl)C(N)=O. The lowest BCUT2D eigenvalue weighted by Gasteiger charge is -2.15. The van der Waals surface area contributed by atoms with Gasteiger partial charge < -0.3 is 10.5 Å². The van der Waals surface area contributed by atoms with Crippen molar-refractivity contribution in [3.05, 3.63) is 21.6 Å². The number of rotatable bonds is 4. The Hall–Kier alpha value is -0.500. The summed E-state index contributed by atoms with van der Waals surface area (Å²) < 4.78 is 28.3. The van der Waals surface area contributed by atoms with E-state index >= 15 is 0 Å². The van der Waals surface area contributed by atoms with Crippen LogP contribution in [0.2, 0.25) is 5.02 Å². The Balaban J connectivity index is 3.38. The third-order valence-corrected chi connectivity index (χ3v) is 4.00. The Bertz CT molecular complexity index is 590. The highest BCUT2D eigenvalue weighted by atomic mass is 79.9. The molecule has 0 aromatic heterocycles. The average Bonchev–Trinajstić information content (AvgIpc) is 2.19. The Morgan fingerprint density at radius 1 is 1.50 bits per heavy atom. The molecule has 0 radical (unpaired) electrons. The van der Waals surface area contributed by atoms with Crippen molar-refractivity contribution in [3.8, 4) is 5.75 Å². The second-order valence-corrected chi connectivity index (χ2v) is 7.17. The van der Waals surface area contributed by atoms with Crippen LogP contribution in [-0.4, -0.2) is 20.4 Å². The second kappa shape index (κ2) is 5.64. The predicted molar refractivity (Wildman–Crippen MR) is 71.5 cm³/mol. The van der Waals surface area contributed by atoms with E-state index in [1.165, 1.54) is 19.1 Å². The summed E-state index contributed by atoms with van der Waals surface area (Å²) in [6.07, 6.45) is -1.04. The fourth-order valence-corrected chi connectivity index (χ4v) is 3.12. The summed E-state index contributed by atoms with van der Waals surface area (Å²) in [4.78, 5) is 10.6. The molecule has 1 atom stereocenters. The van der Waals surface area contributed by atoms with Gasteiger partial charge in [0.05, 0.1) is 5.02 Å². The lowest BCUT2D eigenvalue weighted by atomic mass is 10.3. The molecule has 1 aromatic carbocycles. The van der Waals surface area contributed by atoms with Gasteiger partial charge in [0.1, 0.15) is 4.90 Å². The van der Waals surface area contributed by atoms with Crippen LogP contribution in [0.1, 0.15) is 6.92 Å². The van der Waals surface area contributed by atoms with E-state index in [4.69, 9.17) is 32.8 Å². The van der Waals surface area contributed by atoms with Crippen molar-refractivity contribution in [2.45, 2.75) is 17.9 Å². The van der Waals surface area contributed by atoms with Gasteiger partial charge in [0.2, 0.25) is 0 Å². The number of carbonyl (C=O) groups excluding carboxylic acids is 1. The minimum absolute atomic E-state index is 0.00306. The van der Waals surface area contributed by atoms with Crippen LogP contribution in [-0.2, 0) is 13.8 Å². The van der Waals surface area contributed by atoms with E-state index in [0.717, 1.165) is 0 Å². The molecule has 1 rings (SSSR count). The van der Waals surface area contributed by atoms with Crippen molar-refractivity contribution in [1.29, 1.82) is 0 Å². The van der Waals surface area contributed by atoms with Gasteiger partial charge in [-0.15, -0.1) is 0 Å². The maximum atomic E-state index is 11.4. The van der Waals surface area contributed by atoms with E-state index in [1.807, 2.05) is 0 Å². The maximum absolute atomic E-state index is 11.4. The van der Waals surface area contributed by atoms with Crippen LogP contribution in [0.4, 0.5) is 0 Å². The molecule has 0 bridgehead atoms. The highest BCUT2D eigenvalue weighted by molar-refractivity contribution is 9.10. The highest BCUT2D eigenvalue weighted by Crippen LogP contribution is 2.37. The molecular formula is C9H8BrCl2NO4S. The van der Waals surface area contributed by atoms with Gasteiger partial charge in [0.25, 0.3) is 15.0 Å². The molecule has 0 saturated carbocycles.